The maximum Gasteiger partial charge on any atom is 0.233 e. The van der Waals surface area contributed by atoms with Gasteiger partial charge in [-0.05, 0) is 79.6 Å². The zero-order chi connectivity index (χ0) is 42.5. The maximum absolute atomic E-state index is 12.8. The number of amides is 2. The molecule has 1 aromatic heterocycles. The van der Waals surface area contributed by atoms with E-state index in [0.717, 1.165) is 62.4 Å². The molecule has 3 rings (SSSR count). The van der Waals surface area contributed by atoms with Gasteiger partial charge in [0.15, 0.2) is 11.4 Å². The highest BCUT2D eigenvalue weighted by molar-refractivity contribution is 8.77. The van der Waals surface area contributed by atoms with Gasteiger partial charge in [-0.15, -0.1) is 0 Å². The summed E-state index contributed by atoms with van der Waals surface area (Å²) >= 11 is 0. The van der Waals surface area contributed by atoms with Crippen molar-refractivity contribution in [2.45, 2.75) is 67.3 Å². The summed E-state index contributed by atoms with van der Waals surface area (Å²) in [5.74, 6) is 0.885. The number of hydrogen-bond acceptors (Lipinski definition) is 6. The van der Waals surface area contributed by atoms with Crippen molar-refractivity contribution in [3.05, 3.63) is 118 Å². The SMILES string of the molecule is CCC=C(C=Cc1ccc(N(C)CCCN(C)C(=O)CSSCC(=O)N(C)CCCN(C)c2ccc(C=Cc3cc(C)[n+](CC)c(C)c3)cc2)cc1)C=C(C)[NH2+]CC. The molecule has 0 fully saturated rings. The Balaban J connectivity index is 1.30. The number of anilines is 2. The molecule has 0 aliphatic carbocycles. The van der Waals surface area contributed by atoms with Crippen LogP contribution in [0.2, 0.25) is 0 Å². The molecule has 0 saturated heterocycles. The lowest BCUT2D eigenvalue weighted by Gasteiger charge is -2.22. The Morgan fingerprint density at radius 1 is 0.672 bits per heavy atom. The first-order valence-electron chi connectivity index (χ1n) is 20.8. The van der Waals surface area contributed by atoms with Crippen LogP contribution in [-0.2, 0) is 16.1 Å². The molecule has 8 nitrogen and oxygen atoms in total. The second kappa shape index (κ2) is 26.0. The smallest absolute Gasteiger partial charge is 0.233 e. The summed E-state index contributed by atoms with van der Waals surface area (Å²) in [5.41, 5.74) is 10.9. The van der Waals surface area contributed by atoms with Gasteiger partial charge in [-0.3, -0.25) is 9.59 Å². The summed E-state index contributed by atoms with van der Waals surface area (Å²) in [6, 6.07) is 21.7. The van der Waals surface area contributed by atoms with Crippen LogP contribution in [0.15, 0.2) is 90.2 Å². The number of quaternary nitrogens is 1. The van der Waals surface area contributed by atoms with Gasteiger partial charge in [0.2, 0.25) is 11.8 Å². The van der Waals surface area contributed by atoms with Crippen molar-refractivity contribution in [2.24, 2.45) is 0 Å². The molecule has 0 unspecified atom stereocenters. The fraction of sp³-hybridized carbons (Fsp3) is 0.438. The normalized spacial score (nSPS) is 12.1. The number of rotatable bonds is 24. The number of carbonyl (C=O) groups excluding carboxylic acids is 2. The minimum Gasteiger partial charge on any atom is -0.375 e. The molecule has 0 spiro atoms. The van der Waals surface area contributed by atoms with Gasteiger partial charge in [0, 0.05) is 105 Å². The van der Waals surface area contributed by atoms with Crippen LogP contribution in [0.3, 0.4) is 0 Å². The van der Waals surface area contributed by atoms with Gasteiger partial charge in [-0.25, -0.2) is 4.57 Å². The maximum atomic E-state index is 12.8. The quantitative estimate of drug-likeness (QED) is 0.0425. The molecule has 3 aromatic rings. The molecule has 2 amide bonds. The van der Waals surface area contributed by atoms with Crippen LogP contribution in [0.4, 0.5) is 11.4 Å². The Morgan fingerprint density at radius 2 is 1.14 bits per heavy atom. The van der Waals surface area contributed by atoms with E-state index >= 15 is 0 Å². The van der Waals surface area contributed by atoms with Crippen molar-refractivity contribution in [1.29, 1.82) is 0 Å². The molecule has 10 heteroatoms. The lowest BCUT2D eigenvalue weighted by atomic mass is 10.1. The average molecular weight is 827 g/mol. The lowest BCUT2D eigenvalue weighted by molar-refractivity contribution is -0.705. The summed E-state index contributed by atoms with van der Waals surface area (Å²) in [4.78, 5) is 33.6. The van der Waals surface area contributed by atoms with E-state index in [4.69, 9.17) is 0 Å². The molecule has 0 aliphatic heterocycles. The zero-order valence-corrected chi connectivity index (χ0v) is 38.6. The molecule has 2 aromatic carbocycles. The first kappa shape index (κ1) is 48.1. The van der Waals surface area contributed by atoms with E-state index in [1.54, 1.807) is 9.80 Å². The van der Waals surface area contributed by atoms with E-state index in [2.05, 4.69) is 172 Å². The van der Waals surface area contributed by atoms with E-state index in [1.165, 1.54) is 55.4 Å². The lowest BCUT2D eigenvalue weighted by Crippen LogP contribution is -2.80. The Morgan fingerprint density at radius 3 is 1.59 bits per heavy atom. The van der Waals surface area contributed by atoms with Crippen LogP contribution in [0.5, 0.6) is 0 Å². The predicted octanol–water partition coefficient (Wildman–Crippen LogP) is 8.27. The van der Waals surface area contributed by atoms with Crippen LogP contribution >= 0.6 is 21.6 Å². The predicted molar refractivity (Wildman–Crippen MR) is 253 cm³/mol. The molecule has 0 atom stereocenters. The summed E-state index contributed by atoms with van der Waals surface area (Å²) in [7, 11) is 10.8. The highest BCUT2D eigenvalue weighted by Crippen LogP contribution is 2.22. The Labute approximate surface area is 358 Å². The molecule has 0 saturated carbocycles. The van der Waals surface area contributed by atoms with Crippen molar-refractivity contribution in [1.82, 2.24) is 9.80 Å². The molecule has 0 radical (unpaired) electrons. The third-order valence-corrected chi connectivity index (χ3v) is 12.3. The van der Waals surface area contributed by atoms with E-state index in [-0.39, 0.29) is 11.8 Å². The molecule has 0 bridgehead atoms. The summed E-state index contributed by atoms with van der Waals surface area (Å²) < 4.78 is 2.31. The van der Waals surface area contributed by atoms with E-state index in [1.807, 2.05) is 14.1 Å². The second-order valence-electron chi connectivity index (χ2n) is 15.0. The second-order valence-corrected chi connectivity index (χ2v) is 17.4. The number of aromatic nitrogens is 1. The number of allylic oxidation sites excluding steroid dienone is 5. The Kier molecular flexibility index (Phi) is 21.5. The number of nitrogens with zero attached hydrogens (tertiary/aromatic N) is 5. The molecule has 314 valence electrons. The number of pyridine rings is 1. The number of carbonyl (C=O) groups is 2. The molecule has 0 aliphatic rings. The van der Waals surface area contributed by atoms with Gasteiger partial charge in [-0.1, -0.05) is 83.2 Å². The molecule has 58 heavy (non-hydrogen) atoms. The van der Waals surface area contributed by atoms with Crippen molar-refractivity contribution in [3.8, 4) is 0 Å². The molecule has 1 heterocycles. The van der Waals surface area contributed by atoms with Crippen LogP contribution in [-0.4, -0.2) is 94.0 Å². The number of nitrogens with two attached hydrogens (primary N) is 1. The minimum absolute atomic E-state index is 0.0870. The van der Waals surface area contributed by atoms with E-state index in [0.29, 0.717) is 24.6 Å². The standard InChI is InChI=1S/C48H69N6O2S2/c1-11-16-43(33-38(4)49-12-2)19-17-41-21-25-45(26-22-41)50(7)29-14-31-52(9)47(55)36-57-58-37-48(56)53(10)32-15-30-51(8)46-27-23-42(24-28-46)18-20-44-34-39(5)54(13-3)40(6)35-44/h16-28,33-35,49H,11-15,29-32,36-37H2,1-10H3/q+1/p+1. The van der Waals surface area contributed by atoms with Crippen LogP contribution < -0.4 is 19.7 Å². The fourth-order valence-electron chi connectivity index (χ4n) is 6.67. The van der Waals surface area contributed by atoms with E-state index in [9.17, 15) is 9.59 Å². The van der Waals surface area contributed by atoms with Crippen molar-refractivity contribution < 1.29 is 19.5 Å². The fourth-order valence-corrected chi connectivity index (χ4v) is 8.59. The summed E-state index contributed by atoms with van der Waals surface area (Å²) in [5, 5.41) is 2.25. The zero-order valence-electron chi connectivity index (χ0n) is 37.0. The Bertz CT molecular complexity index is 1830. The number of hydrogen-bond donors (Lipinski definition) is 1. The summed E-state index contributed by atoms with van der Waals surface area (Å²) in [6.07, 6.45) is 15.9. The van der Waals surface area contributed by atoms with Gasteiger partial charge < -0.3 is 24.9 Å². The van der Waals surface area contributed by atoms with Gasteiger partial charge >= 0.3 is 0 Å². The highest BCUT2D eigenvalue weighted by atomic mass is 33.1. The molecule has 2 N–H and O–H groups in total. The average Bonchev–Trinajstić information content (AvgIpc) is 3.20. The first-order valence-corrected chi connectivity index (χ1v) is 23.3. The largest absolute Gasteiger partial charge is 0.375 e. The van der Waals surface area contributed by atoms with Crippen LogP contribution in [0.25, 0.3) is 18.2 Å². The minimum atomic E-state index is 0.0870. The highest BCUT2D eigenvalue weighted by Gasteiger charge is 2.14. The third-order valence-electron chi connectivity index (χ3n) is 10.2. The number of aryl methyl sites for hydroxylation is 2. The third kappa shape index (κ3) is 16.9. The van der Waals surface area contributed by atoms with Crippen molar-refractivity contribution in [2.75, 3.05) is 82.2 Å². The van der Waals surface area contributed by atoms with Crippen LogP contribution in [0, 0.1) is 13.8 Å². The first-order chi connectivity index (χ1) is 27.8. The Hall–Kier alpha value is -4.25. The topological polar surface area (TPSA) is 67.6 Å². The van der Waals surface area contributed by atoms with Crippen molar-refractivity contribution >= 4 is 63.0 Å². The van der Waals surface area contributed by atoms with Gasteiger partial charge in [-0.2, -0.15) is 0 Å². The molecular weight excluding hydrogens is 757 g/mol. The van der Waals surface area contributed by atoms with Crippen molar-refractivity contribution in [3.63, 3.8) is 0 Å². The van der Waals surface area contributed by atoms with E-state index < -0.39 is 0 Å². The van der Waals surface area contributed by atoms with Gasteiger partial charge in [0.05, 0.1) is 18.1 Å². The number of benzene rings is 2. The summed E-state index contributed by atoms with van der Waals surface area (Å²) in [6.45, 7) is 18.1. The van der Waals surface area contributed by atoms with Gasteiger partial charge in [0.1, 0.15) is 12.2 Å². The van der Waals surface area contributed by atoms with Gasteiger partial charge in [0.25, 0.3) is 0 Å². The van der Waals surface area contributed by atoms with Crippen LogP contribution in [0.1, 0.15) is 75.0 Å². The monoisotopic (exact) mass is 826 g/mol. The molecular formula is C48H70N6O2S2+2.